The minimum absolute atomic E-state index is 0.110. The second kappa shape index (κ2) is 6.11. The minimum Gasteiger partial charge on any atom is -0.468 e. The first kappa shape index (κ1) is 16.8. The number of amides is 2. The van der Waals surface area contributed by atoms with E-state index in [9.17, 15) is 9.59 Å². The van der Waals surface area contributed by atoms with Crippen molar-refractivity contribution in [1.82, 2.24) is 10.2 Å². The van der Waals surface area contributed by atoms with Crippen LogP contribution >= 0.6 is 0 Å². The summed E-state index contributed by atoms with van der Waals surface area (Å²) >= 11 is 0. The highest BCUT2D eigenvalue weighted by molar-refractivity contribution is 6.02. The Morgan fingerprint density at radius 1 is 1.38 bits per heavy atom. The summed E-state index contributed by atoms with van der Waals surface area (Å²) < 4.78 is 6.10. The highest BCUT2D eigenvalue weighted by Crippen LogP contribution is 2.49. The van der Waals surface area contributed by atoms with Crippen LogP contribution in [0.25, 0.3) is 0 Å². The highest BCUT2D eigenvalue weighted by atomic mass is 16.5. The van der Waals surface area contributed by atoms with Crippen molar-refractivity contribution in [2.24, 2.45) is 5.92 Å². The van der Waals surface area contributed by atoms with Crippen molar-refractivity contribution in [1.29, 1.82) is 0 Å². The number of fused-ring (bicyclic) bond motifs is 4. The Labute approximate surface area is 143 Å². The molecule has 3 rings (SSSR count). The maximum Gasteiger partial charge on any atom is 0.238 e. The maximum absolute atomic E-state index is 12.9. The number of para-hydroxylation sites is 1. The van der Waals surface area contributed by atoms with Crippen molar-refractivity contribution in [3.05, 3.63) is 29.8 Å². The van der Waals surface area contributed by atoms with E-state index in [0.29, 0.717) is 6.42 Å². The van der Waals surface area contributed by atoms with Gasteiger partial charge < -0.3 is 15.0 Å². The van der Waals surface area contributed by atoms with Crippen LogP contribution in [0.4, 0.5) is 0 Å². The van der Waals surface area contributed by atoms with Gasteiger partial charge in [0, 0.05) is 25.4 Å². The number of nitrogens with zero attached hydrogens (tertiary/aromatic N) is 1. The lowest BCUT2D eigenvalue weighted by molar-refractivity contribution is -0.171. The molecule has 5 nitrogen and oxygen atoms in total. The molecular weight excluding hydrogens is 304 g/mol. The van der Waals surface area contributed by atoms with E-state index in [2.05, 4.69) is 5.32 Å². The minimum atomic E-state index is -0.693. The molecule has 130 valence electrons. The van der Waals surface area contributed by atoms with E-state index in [-0.39, 0.29) is 23.8 Å². The summed E-state index contributed by atoms with van der Waals surface area (Å²) in [7, 11) is 1.73. The lowest BCUT2D eigenvalue weighted by atomic mass is 9.73. The lowest BCUT2D eigenvalue weighted by Crippen LogP contribution is -2.63. The highest BCUT2D eigenvalue weighted by Gasteiger charge is 2.54. The molecule has 0 saturated carbocycles. The van der Waals surface area contributed by atoms with Crippen LogP contribution in [-0.4, -0.2) is 35.5 Å². The molecule has 2 bridgehead atoms. The van der Waals surface area contributed by atoms with Crippen molar-refractivity contribution in [2.45, 2.75) is 57.7 Å². The molecule has 2 amide bonds. The third kappa shape index (κ3) is 2.56. The molecule has 0 radical (unpaired) electrons. The van der Waals surface area contributed by atoms with E-state index in [1.165, 1.54) is 0 Å². The second-order valence-corrected chi connectivity index (χ2v) is 7.02. The van der Waals surface area contributed by atoms with Gasteiger partial charge in [0.25, 0.3) is 0 Å². The summed E-state index contributed by atoms with van der Waals surface area (Å²) in [6, 6.07) is 7.85. The van der Waals surface area contributed by atoms with E-state index in [1.807, 2.05) is 45.0 Å². The molecule has 0 unspecified atom stereocenters. The van der Waals surface area contributed by atoms with Gasteiger partial charge in [0.15, 0.2) is 5.72 Å². The smallest absolute Gasteiger partial charge is 0.238 e. The van der Waals surface area contributed by atoms with Crippen LogP contribution in [0.3, 0.4) is 0 Å². The maximum atomic E-state index is 12.9. The number of carbonyl (C=O) groups is 2. The van der Waals surface area contributed by atoms with Crippen molar-refractivity contribution in [3.63, 3.8) is 0 Å². The molecular formula is C19H26N2O3. The zero-order valence-electron chi connectivity index (χ0n) is 14.8. The van der Waals surface area contributed by atoms with Crippen molar-refractivity contribution in [2.75, 3.05) is 7.05 Å². The number of nitrogens with one attached hydrogen (secondary N) is 1. The van der Waals surface area contributed by atoms with Gasteiger partial charge in [0.05, 0.1) is 0 Å². The Hall–Kier alpha value is -2.04. The fraction of sp³-hybridized carbons (Fsp3) is 0.579. The van der Waals surface area contributed by atoms with Gasteiger partial charge in [-0.25, -0.2) is 0 Å². The van der Waals surface area contributed by atoms with Gasteiger partial charge in [0.1, 0.15) is 11.7 Å². The molecule has 1 aromatic rings. The number of piperidine rings is 1. The van der Waals surface area contributed by atoms with Crippen LogP contribution in [0.15, 0.2) is 24.3 Å². The molecule has 0 aliphatic carbocycles. The van der Waals surface area contributed by atoms with Gasteiger partial charge >= 0.3 is 0 Å². The summed E-state index contributed by atoms with van der Waals surface area (Å²) in [6.07, 6.45) is 2.36. The predicted molar refractivity (Wildman–Crippen MR) is 91.6 cm³/mol. The summed E-state index contributed by atoms with van der Waals surface area (Å²) in [5, 5.41) is 3.06. The quantitative estimate of drug-likeness (QED) is 0.864. The molecule has 0 spiro atoms. The number of ether oxygens (including phenoxy) is 1. The van der Waals surface area contributed by atoms with Crippen LogP contribution in [0, 0.1) is 5.92 Å². The van der Waals surface area contributed by atoms with E-state index < -0.39 is 11.6 Å². The molecule has 2 heterocycles. The third-order valence-corrected chi connectivity index (χ3v) is 5.57. The lowest BCUT2D eigenvalue weighted by Gasteiger charge is -2.51. The molecule has 5 heteroatoms. The average Bonchev–Trinajstić information content (AvgIpc) is 2.57. The van der Waals surface area contributed by atoms with E-state index in [1.54, 1.807) is 11.9 Å². The van der Waals surface area contributed by atoms with Crippen LogP contribution < -0.4 is 10.1 Å². The van der Waals surface area contributed by atoms with Crippen molar-refractivity contribution in [3.8, 4) is 5.75 Å². The van der Waals surface area contributed by atoms with E-state index in [4.69, 9.17) is 4.74 Å². The Morgan fingerprint density at radius 2 is 2.04 bits per heavy atom. The number of rotatable bonds is 4. The Balaban J connectivity index is 1.98. The average molecular weight is 330 g/mol. The molecule has 1 fully saturated rings. The standard InChI is InChI=1S/C19H26N2O3/c1-5-12(6-2)20-17(22)16-14-11-19(3,21(4)18(16)23)24-15-10-8-7-9-13(14)15/h7-10,12,14,16H,5-6,11H2,1-4H3,(H,20,22)/t14-,16+,19-/m0/s1. The number of hydrogen-bond donors (Lipinski definition) is 1. The van der Waals surface area contributed by atoms with Crippen molar-refractivity contribution >= 4 is 11.8 Å². The zero-order valence-corrected chi connectivity index (χ0v) is 14.8. The van der Waals surface area contributed by atoms with E-state index in [0.717, 1.165) is 24.2 Å². The first-order chi connectivity index (χ1) is 11.4. The van der Waals surface area contributed by atoms with Crippen LogP contribution in [-0.2, 0) is 9.59 Å². The summed E-state index contributed by atoms with van der Waals surface area (Å²) in [4.78, 5) is 27.4. The van der Waals surface area contributed by atoms with Gasteiger partial charge in [-0.3, -0.25) is 9.59 Å². The molecule has 3 atom stereocenters. The van der Waals surface area contributed by atoms with Crippen LogP contribution in [0.2, 0.25) is 0 Å². The molecule has 1 aromatic carbocycles. The fourth-order valence-corrected chi connectivity index (χ4v) is 3.87. The number of likely N-dealkylation sites (tertiary alicyclic amines) is 1. The number of carbonyl (C=O) groups excluding carboxylic acids is 2. The summed E-state index contributed by atoms with van der Waals surface area (Å²) in [6.45, 7) is 6.01. The SMILES string of the molecule is CCC(CC)NC(=O)[C@@H]1C(=O)N(C)[C@]2(C)C[C@H]1c1ccccc1O2. The first-order valence-electron chi connectivity index (χ1n) is 8.77. The van der Waals surface area contributed by atoms with Gasteiger partial charge in [-0.1, -0.05) is 32.0 Å². The van der Waals surface area contributed by atoms with Gasteiger partial charge in [-0.2, -0.15) is 0 Å². The summed E-state index contributed by atoms with van der Waals surface area (Å²) in [5.74, 6) is -0.376. The monoisotopic (exact) mass is 330 g/mol. The molecule has 2 aliphatic rings. The normalized spacial score (nSPS) is 28.4. The predicted octanol–water partition coefficient (Wildman–Crippen LogP) is 2.66. The van der Waals surface area contributed by atoms with E-state index >= 15 is 0 Å². The molecule has 0 aromatic heterocycles. The Morgan fingerprint density at radius 3 is 2.71 bits per heavy atom. The van der Waals surface area contributed by atoms with Crippen molar-refractivity contribution < 1.29 is 14.3 Å². The largest absolute Gasteiger partial charge is 0.468 e. The number of hydrogen-bond acceptors (Lipinski definition) is 3. The molecule has 2 aliphatic heterocycles. The third-order valence-electron chi connectivity index (χ3n) is 5.57. The van der Waals surface area contributed by atoms with Gasteiger partial charge in [-0.15, -0.1) is 0 Å². The molecule has 24 heavy (non-hydrogen) atoms. The van der Waals surface area contributed by atoms with Crippen LogP contribution in [0.1, 0.15) is 51.5 Å². The summed E-state index contributed by atoms with van der Waals surface area (Å²) in [5.41, 5.74) is 0.267. The first-order valence-corrected chi connectivity index (χ1v) is 8.77. The molecule has 1 saturated heterocycles. The Kier molecular flexibility index (Phi) is 4.28. The number of benzene rings is 1. The Bertz CT molecular complexity index is 656. The fourth-order valence-electron chi connectivity index (χ4n) is 3.87. The van der Waals surface area contributed by atoms with Gasteiger partial charge in [0.2, 0.25) is 11.8 Å². The molecule has 1 N–H and O–H groups in total. The van der Waals surface area contributed by atoms with Crippen LogP contribution in [0.5, 0.6) is 5.75 Å². The topological polar surface area (TPSA) is 58.6 Å². The second-order valence-electron chi connectivity index (χ2n) is 7.02. The zero-order chi connectivity index (χ0) is 17.5. The van der Waals surface area contributed by atoms with Gasteiger partial charge in [-0.05, 0) is 31.4 Å².